The molecule has 1 unspecified atom stereocenters. The number of nitrogens with zero attached hydrogens (tertiary/aromatic N) is 1. The van der Waals surface area contributed by atoms with E-state index in [0.717, 1.165) is 13.0 Å². The first-order valence-electron chi connectivity index (χ1n) is 3.81. The molecule has 1 saturated heterocycles. The van der Waals surface area contributed by atoms with E-state index in [9.17, 15) is 4.79 Å². The number of carboxylic acids is 1. The first kappa shape index (κ1) is 8.27. The number of rotatable bonds is 2. The van der Waals surface area contributed by atoms with Crippen molar-refractivity contribution in [2.45, 2.75) is 18.9 Å². The molecule has 1 atom stereocenters. The van der Waals surface area contributed by atoms with Gasteiger partial charge in [0.2, 0.25) is 0 Å². The van der Waals surface area contributed by atoms with Crippen LogP contribution in [0.2, 0.25) is 0 Å². The Hall–Kier alpha value is -0.830. The van der Waals surface area contributed by atoms with Crippen LogP contribution in [0.5, 0.6) is 0 Å². The van der Waals surface area contributed by atoms with Crippen molar-refractivity contribution in [2.24, 2.45) is 0 Å². The molecule has 1 heterocycles. The molecule has 1 N–H and O–H groups in total. The monoisotopic (exact) mass is 155 g/mol. The van der Waals surface area contributed by atoms with Crippen molar-refractivity contribution in [1.29, 1.82) is 0 Å². The summed E-state index contributed by atoms with van der Waals surface area (Å²) in [6.07, 6.45) is 5.24. The quantitative estimate of drug-likeness (QED) is 0.597. The Kier molecular flexibility index (Phi) is 2.65. The fourth-order valence-electron chi connectivity index (χ4n) is 1.37. The maximum absolute atomic E-state index is 10.2. The maximum atomic E-state index is 10.2. The van der Waals surface area contributed by atoms with E-state index in [1.807, 2.05) is 7.05 Å². The van der Waals surface area contributed by atoms with Crippen molar-refractivity contribution in [3.63, 3.8) is 0 Å². The average Bonchev–Trinajstić information content (AvgIpc) is 2.31. The Bertz CT molecular complexity index is 177. The maximum Gasteiger partial charge on any atom is 0.328 e. The van der Waals surface area contributed by atoms with Crippen LogP contribution in [0, 0.1) is 0 Å². The summed E-state index contributed by atoms with van der Waals surface area (Å²) in [4.78, 5) is 12.3. The highest BCUT2D eigenvalue weighted by Gasteiger charge is 2.17. The molecule has 1 fully saturated rings. The molecular formula is C8H13NO2. The minimum Gasteiger partial charge on any atom is -0.478 e. The number of hydrogen-bond acceptors (Lipinski definition) is 2. The van der Waals surface area contributed by atoms with Gasteiger partial charge in [-0.2, -0.15) is 0 Å². The van der Waals surface area contributed by atoms with Crippen LogP contribution in [-0.2, 0) is 4.79 Å². The van der Waals surface area contributed by atoms with E-state index in [-0.39, 0.29) is 0 Å². The van der Waals surface area contributed by atoms with Crippen LogP contribution in [0.15, 0.2) is 12.2 Å². The van der Waals surface area contributed by atoms with Gasteiger partial charge in [-0.3, -0.25) is 4.90 Å². The van der Waals surface area contributed by atoms with Crippen molar-refractivity contribution in [2.75, 3.05) is 13.6 Å². The molecule has 0 radical (unpaired) electrons. The van der Waals surface area contributed by atoms with Crippen LogP contribution in [0.4, 0.5) is 0 Å². The van der Waals surface area contributed by atoms with Gasteiger partial charge in [-0.05, 0) is 26.4 Å². The largest absolute Gasteiger partial charge is 0.478 e. The molecule has 62 valence electrons. The molecule has 0 aromatic carbocycles. The first-order valence-corrected chi connectivity index (χ1v) is 3.81. The molecule has 11 heavy (non-hydrogen) atoms. The van der Waals surface area contributed by atoms with Crippen LogP contribution < -0.4 is 0 Å². The van der Waals surface area contributed by atoms with Crippen LogP contribution in [0.1, 0.15) is 12.8 Å². The third kappa shape index (κ3) is 2.35. The van der Waals surface area contributed by atoms with Crippen LogP contribution >= 0.6 is 0 Å². The van der Waals surface area contributed by atoms with E-state index in [1.54, 1.807) is 6.08 Å². The average molecular weight is 155 g/mol. The number of carbonyl (C=O) groups is 1. The second kappa shape index (κ2) is 3.53. The summed E-state index contributed by atoms with van der Waals surface area (Å²) in [6, 6.07) is 0.339. The molecule has 1 rings (SSSR count). The summed E-state index contributed by atoms with van der Waals surface area (Å²) >= 11 is 0. The van der Waals surface area contributed by atoms with E-state index in [0.29, 0.717) is 6.04 Å². The van der Waals surface area contributed by atoms with Crippen molar-refractivity contribution in [3.05, 3.63) is 12.2 Å². The van der Waals surface area contributed by atoms with Gasteiger partial charge in [0.25, 0.3) is 0 Å². The molecule has 1 aliphatic heterocycles. The van der Waals surface area contributed by atoms with Gasteiger partial charge in [-0.15, -0.1) is 0 Å². The number of likely N-dealkylation sites (tertiary alicyclic amines) is 1. The highest BCUT2D eigenvalue weighted by molar-refractivity contribution is 5.79. The minimum atomic E-state index is -0.856. The molecule has 0 amide bonds. The van der Waals surface area contributed by atoms with Crippen LogP contribution in [-0.4, -0.2) is 35.6 Å². The highest BCUT2D eigenvalue weighted by Crippen LogP contribution is 2.15. The summed E-state index contributed by atoms with van der Waals surface area (Å²) in [6.45, 7) is 1.08. The van der Waals surface area contributed by atoms with Crippen molar-refractivity contribution in [1.82, 2.24) is 4.90 Å². The zero-order valence-corrected chi connectivity index (χ0v) is 6.66. The smallest absolute Gasteiger partial charge is 0.328 e. The summed E-state index contributed by atoms with van der Waals surface area (Å²) in [5, 5.41) is 8.35. The lowest BCUT2D eigenvalue weighted by Crippen LogP contribution is -2.22. The summed E-state index contributed by atoms with van der Waals surface area (Å²) in [7, 11) is 2.02. The van der Waals surface area contributed by atoms with Crippen molar-refractivity contribution in [3.8, 4) is 0 Å². The zero-order valence-electron chi connectivity index (χ0n) is 6.66. The number of carboxylic acid groups (broad SMARTS) is 1. The van der Waals surface area contributed by atoms with Gasteiger partial charge in [-0.1, -0.05) is 6.08 Å². The Labute approximate surface area is 66.3 Å². The van der Waals surface area contributed by atoms with Gasteiger partial charge in [-0.25, -0.2) is 4.79 Å². The lowest BCUT2D eigenvalue weighted by atomic mass is 10.2. The van der Waals surface area contributed by atoms with E-state index >= 15 is 0 Å². The molecule has 0 aromatic rings. The molecule has 0 spiro atoms. The topological polar surface area (TPSA) is 40.5 Å². The van der Waals surface area contributed by atoms with E-state index < -0.39 is 5.97 Å². The molecule has 0 saturated carbocycles. The highest BCUT2D eigenvalue weighted by atomic mass is 16.4. The van der Waals surface area contributed by atoms with Gasteiger partial charge in [0.05, 0.1) is 0 Å². The fraction of sp³-hybridized carbons (Fsp3) is 0.625. The third-order valence-electron chi connectivity index (χ3n) is 2.04. The minimum absolute atomic E-state index is 0.339. The lowest BCUT2D eigenvalue weighted by molar-refractivity contribution is -0.131. The molecule has 3 heteroatoms. The Balaban J connectivity index is 2.42. The fourth-order valence-corrected chi connectivity index (χ4v) is 1.37. The van der Waals surface area contributed by atoms with Gasteiger partial charge in [0.15, 0.2) is 0 Å². The van der Waals surface area contributed by atoms with Crippen molar-refractivity contribution < 1.29 is 9.90 Å². The molecule has 1 aliphatic rings. The predicted octanol–water partition coefficient (Wildman–Crippen LogP) is 0.721. The molecular weight excluding hydrogens is 142 g/mol. The molecule has 0 aliphatic carbocycles. The Morgan fingerprint density at radius 2 is 2.45 bits per heavy atom. The van der Waals surface area contributed by atoms with Gasteiger partial charge in [0.1, 0.15) is 0 Å². The summed E-state index contributed by atoms with van der Waals surface area (Å²) < 4.78 is 0. The predicted molar refractivity (Wildman–Crippen MR) is 42.4 cm³/mol. The van der Waals surface area contributed by atoms with Gasteiger partial charge >= 0.3 is 5.97 Å². The van der Waals surface area contributed by atoms with Crippen LogP contribution in [0.25, 0.3) is 0 Å². The Morgan fingerprint density at radius 3 is 2.91 bits per heavy atom. The van der Waals surface area contributed by atoms with Gasteiger partial charge < -0.3 is 5.11 Å². The van der Waals surface area contributed by atoms with Crippen LogP contribution in [0.3, 0.4) is 0 Å². The number of hydrogen-bond donors (Lipinski definition) is 1. The van der Waals surface area contributed by atoms with Gasteiger partial charge in [0, 0.05) is 12.1 Å². The number of likely N-dealkylation sites (N-methyl/N-ethyl adjacent to an activating group) is 1. The second-order valence-electron chi connectivity index (χ2n) is 2.89. The number of aliphatic carboxylic acids is 1. The molecule has 0 bridgehead atoms. The normalized spacial score (nSPS) is 26.5. The van der Waals surface area contributed by atoms with Crippen molar-refractivity contribution >= 4 is 5.97 Å². The molecule has 0 aromatic heterocycles. The van der Waals surface area contributed by atoms with E-state index in [1.165, 1.54) is 12.5 Å². The Morgan fingerprint density at radius 1 is 1.73 bits per heavy atom. The zero-order chi connectivity index (χ0) is 8.27. The third-order valence-corrected chi connectivity index (χ3v) is 2.04. The standard InChI is InChI=1S/C8H13NO2/c1-9-6-2-3-7(9)4-5-8(10)11/h4-5,7H,2-3,6H2,1H3,(H,10,11). The molecule has 3 nitrogen and oxygen atoms in total. The summed E-state index contributed by atoms with van der Waals surface area (Å²) in [5.41, 5.74) is 0. The first-order chi connectivity index (χ1) is 5.20. The van der Waals surface area contributed by atoms with E-state index in [4.69, 9.17) is 5.11 Å². The lowest BCUT2D eigenvalue weighted by Gasteiger charge is -2.14. The summed E-state index contributed by atoms with van der Waals surface area (Å²) in [5.74, 6) is -0.856. The second-order valence-corrected chi connectivity index (χ2v) is 2.89. The SMILES string of the molecule is CN1CCCC1C=CC(=O)O. The van der Waals surface area contributed by atoms with E-state index in [2.05, 4.69) is 4.90 Å².